The van der Waals surface area contributed by atoms with E-state index in [1.54, 1.807) is 0 Å². The first-order valence-electron chi connectivity index (χ1n) is 7.02. The van der Waals surface area contributed by atoms with E-state index in [2.05, 4.69) is 42.9 Å². The fraction of sp³-hybridized carbons (Fsp3) is 0.786. The third-order valence-electron chi connectivity index (χ3n) is 2.99. The van der Waals surface area contributed by atoms with Crippen molar-refractivity contribution < 1.29 is 0 Å². The molecule has 0 spiro atoms. The molecule has 18 heavy (non-hydrogen) atoms. The van der Waals surface area contributed by atoms with E-state index in [0.717, 1.165) is 39.1 Å². The van der Waals surface area contributed by atoms with Gasteiger partial charge in [-0.05, 0) is 25.6 Å². The maximum atomic E-state index is 4.51. The Labute approximate surface area is 116 Å². The van der Waals surface area contributed by atoms with Crippen molar-refractivity contribution in [3.05, 3.63) is 16.1 Å². The van der Waals surface area contributed by atoms with E-state index < -0.39 is 0 Å². The quantitative estimate of drug-likeness (QED) is 0.747. The van der Waals surface area contributed by atoms with Gasteiger partial charge in [-0.3, -0.25) is 0 Å². The third-order valence-corrected chi connectivity index (χ3v) is 4.05. The number of aromatic nitrogens is 1. The highest BCUT2D eigenvalue weighted by atomic mass is 32.1. The minimum atomic E-state index is 0.708. The van der Waals surface area contributed by atoms with E-state index in [0.29, 0.717) is 5.92 Å². The maximum Gasteiger partial charge on any atom is 0.0940 e. The molecule has 3 nitrogen and oxygen atoms in total. The molecule has 1 aromatic heterocycles. The zero-order chi connectivity index (χ0) is 13.4. The topological polar surface area (TPSA) is 28.2 Å². The standard InChI is InChI=1S/C14H27N3S/c1-5-17(6-2)8-7-14-16-11-13(18-14)10-15-9-12(3)4/h11-12,15H,5-10H2,1-4H3. The SMILES string of the molecule is CCN(CC)CCc1ncc(CNCC(C)C)s1. The van der Waals surface area contributed by atoms with Crippen molar-refractivity contribution in [2.24, 2.45) is 5.92 Å². The first-order valence-corrected chi connectivity index (χ1v) is 7.84. The van der Waals surface area contributed by atoms with Gasteiger partial charge in [-0.25, -0.2) is 4.98 Å². The van der Waals surface area contributed by atoms with Crippen LogP contribution in [0.25, 0.3) is 0 Å². The highest BCUT2D eigenvalue weighted by Gasteiger charge is 2.05. The van der Waals surface area contributed by atoms with E-state index in [1.165, 1.54) is 9.88 Å². The van der Waals surface area contributed by atoms with Crippen LogP contribution in [0.4, 0.5) is 0 Å². The van der Waals surface area contributed by atoms with Gasteiger partial charge in [0.05, 0.1) is 5.01 Å². The lowest BCUT2D eigenvalue weighted by molar-refractivity contribution is 0.308. The average Bonchev–Trinajstić information content (AvgIpc) is 2.78. The summed E-state index contributed by atoms with van der Waals surface area (Å²) in [6.45, 7) is 14.3. The molecule has 0 bridgehead atoms. The Balaban J connectivity index is 2.29. The number of nitrogens with zero attached hydrogens (tertiary/aromatic N) is 2. The molecule has 0 aliphatic heterocycles. The van der Waals surface area contributed by atoms with Crippen LogP contribution in [0.2, 0.25) is 0 Å². The van der Waals surface area contributed by atoms with E-state index in [4.69, 9.17) is 0 Å². The second-order valence-corrected chi connectivity index (χ2v) is 6.22. The molecule has 1 rings (SSSR count). The molecule has 0 aliphatic rings. The summed E-state index contributed by atoms with van der Waals surface area (Å²) >= 11 is 1.85. The molecule has 0 saturated heterocycles. The predicted octanol–water partition coefficient (Wildman–Crippen LogP) is 2.77. The molecular formula is C14H27N3S. The number of hydrogen-bond donors (Lipinski definition) is 1. The maximum absolute atomic E-state index is 4.51. The van der Waals surface area contributed by atoms with Crippen molar-refractivity contribution in [3.8, 4) is 0 Å². The summed E-state index contributed by atoms with van der Waals surface area (Å²) in [6.07, 6.45) is 3.10. The Bertz CT molecular complexity index is 319. The van der Waals surface area contributed by atoms with Crippen LogP contribution in [0.3, 0.4) is 0 Å². The van der Waals surface area contributed by atoms with Crippen LogP contribution in [0.1, 0.15) is 37.6 Å². The normalized spacial score (nSPS) is 11.7. The molecule has 0 unspecified atom stereocenters. The van der Waals surface area contributed by atoms with Crippen molar-refractivity contribution >= 4 is 11.3 Å². The Morgan fingerprint density at radius 2 is 2.06 bits per heavy atom. The largest absolute Gasteiger partial charge is 0.312 e. The lowest BCUT2D eigenvalue weighted by Crippen LogP contribution is -2.25. The number of rotatable bonds is 9. The molecular weight excluding hydrogens is 242 g/mol. The fourth-order valence-electron chi connectivity index (χ4n) is 1.82. The number of hydrogen-bond acceptors (Lipinski definition) is 4. The van der Waals surface area contributed by atoms with E-state index in [1.807, 2.05) is 17.5 Å². The monoisotopic (exact) mass is 269 g/mol. The Morgan fingerprint density at radius 1 is 1.33 bits per heavy atom. The van der Waals surface area contributed by atoms with Gasteiger partial charge in [0.15, 0.2) is 0 Å². The lowest BCUT2D eigenvalue weighted by atomic mass is 10.2. The van der Waals surface area contributed by atoms with Gasteiger partial charge in [-0.2, -0.15) is 0 Å². The van der Waals surface area contributed by atoms with Gasteiger partial charge in [-0.15, -0.1) is 11.3 Å². The molecule has 4 heteroatoms. The van der Waals surface area contributed by atoms with Gasteiger partial charge < -0.3 is 10.2 Å². The Kier molecular flexibility index (Phi) is 7.47. The highest BCUT2D eigenvalue weighted by Crippen LogP contribution is 2.13. The summed E-state index contributed by atoms with van der Waals surface area (Å²) in [6, 6.07) is 0. The van der Waals surface area contributed by atoms with Crippen LogP contribution in [-0.2, 0) is 13.0 Å². The minimum Gasteiger partial charge on any atom is -0.312 e. The molecule has 0 aromatic carbocycles. The van der Waals surface area contributed by atoms with Gasteiger partial charge in [0, 0.05) is 30.6 Å². The van der Waals surface area contributed by atoms with Crippen LogP contribution < -0.4 is 5.32 Å². The molecule has 1 aromatic rings. The Morgan fingerprint density at radius 3 is 2.67 bits per heavy atom. The van der Waals surface area contributed by atoms with Crippen LogP contribution in [0.5, 0.6) is 0 Å². The van der Waals surface area contributed by atoms with Crippen molar-refractivity contribution in [3.63, 3.8) is 0 Å². The molecule has 0 amide bonds. The van der Waals surface area contributed by atoms with Gasteiger partial charge in [0.2, 0.25) is 0 Å². The average molecular weight is 269 g/mol. The van der Waals surface area contributed by atoms with Gasteiger partial charge >= 0.3 is 0 Å². The molecule has 104 valence electrons. The smallest absolute Gasteiger partial charge is 0.0940 e. The minimum absolute atomic E-state index is 0.708. The lowest BCUT2D eigenvalue weighted by Gasteiger charge is -2.16. The summed E-state index contributed by atoms with van der Waals surface area (Å²) < 4.78 is 0. The summed E-state index contributed by atoms with van der Waals surface area (Å²) in [7, 11) is 0. The molecule has 1 N–H and O–H groups in total. The van der Waals surface area contributed by atoms with Crippen molar-refractivity contribution in [1.82, 2.24) is 15.2 Å². The molecule has 0 saturated carbocycles. The van der Waals surface area contributed by atoms with Crippen LogP contribution in [0.15, 0.2) is 6.20 Å². The van der Waals surface area contributed by atoms with E-state index in [9.17, 15) is 0 Å². The summed E-state index contributed by atoms with van der Waals surface area (Å²) in [5.74, 6) is 0.708. The van der Waals surface area contributed by atoms with Gasteiger partial charge in [0.25, 0.3) is 0 Å². The predicted molar refractivity (Wildman–Crippen MR) is 80.2 cm³/mol. The molecule has 0 radical (unpaired) electrons. The summed E-state index contributed by atoms with van der Waals surface area (Å²) in [5.41, 5.74) is 0. The van der Waals surface area contributed by atoms with Crippen LogP contribution >= 0.6 is 11.3 Å². The first kappa shape index (κ1) is 15.6. The number of likely N-dealkylation sites (N-methyl/N-ethyl adjacent to an activating group) is 1. The zero-order valence-corrected chi connectivity index (χ0v) is 13.0. The molecule has 1 heterocycles. The second kappa shape index (κ2) is 8.62. The fourth-order valence-corrected chi connectivity index (χ4v) is 2.70. The summed E-state index contributed by atoms with van der Waals surface area (Å²) in [4.78, 5) is 8.30. The second-order valence-electron chi connectivity index (χ2n) is 5.02. The molecule has 0 atom stereocenters. The van der Waals surface area contributed by atoms with Crippen LogP contribution in [0, 0.1) is 5.92 Å². The van der Waals surface area contributed by atoms with Crippen molar-refractivity contribution in [1.29, 1.82) is 0 Å². The molecule has 0 fully saturated rings. The van der Waals surface area contributed by atoms with Gasteiger partial charge in [-0.1, -0.05) is 27.7 Å². The van der Waals surface area contributed by atoms with Crippen molar-refractivity contribution in [2.45, 2.75) is 40.7 Å². The van der Waals surface area contributed by atoms with E-state index >= 15 is 0 Å². The Hall–Kier alpha value is -0.450. The molecule has 0 aliphatic carbocycles. The van der Waals surface area contributed by atoms with E-state index in [-0.39, 0.29) is 0 Å². The van der Waals surface area contributed by atoms with Crippen molar-refractivity contribution in [2.75, 3.05) is 26.2 Å². The third kappa shape index (κ3) is 5.94. The summed E-state index contributed by atoms with van der Waals surface area (Å²) in [5, 5.41) is 4.73. The van der Waals surface area contributed by atoms with Crippen LogP contribution in [-0.4, -0.2) is 36.1 Å². The first-order chi connectivity index (χ1) is 8.65. The van der Waals surface area contributed by atoms with Gasteiger partial charge in [0.1, 0.15) is 0 Å². The number of nitrogens with one attached hydrogen (secondary N) is 1. The highest BCUT2D eigenvalue weighted by molar-refractivity contribution is 7.11. The number of thiazole rings is 1. The zero-order valence-electron chi connectivity index (χ0n) is 12.2.